The molecule has 1 N–H and O–H groups in total. The third kappa shape index (κ3) is 5.41. The molecule has 0 saturated heterocycles. The minimum absolute atomic E-state index is 0.0290. The van der Waals surface area contributed by atoms with Crippen LogP contribution in [0.25, 0.3) is 11.4 Å². The molecular formula is C20H19FN4O3S. The number of benzene rings is 2. The minimum atomic E-state index is -0.530. The number of rotatable bonds is 8. The quantitative estimate of drug-likeness (QED) is 0.450. The first-order chi connectivity index (χ1) is 14.1. The summed E-state index contributed by atoms with van der Waals surface area (Å²) < 4.78 is 20.6. The molecule has 0 fully saturated rings. The molecule has 3 rings (SSSR count). The number of amides is 1. The van der Waals surface area contributed by atoms with E-state index in [0.29, 0.717) is 23.1 Å². The molecule has 2 aromatic carbocycles. The Morgan fingerprint density at radius 2 is 1.83 bits per heavy atom. The van der Waals surface area contributed by atoms with Crippen LogP contribution in [0.4, 0.5) is 4.39 Å². The zero-order chi connectivity index (χ0) is 20.6. The highest BCUT2D eigenvalue weighted by atomic mass is 32.2. The SMILES string of the molecule is COC(=O)CNC(=O)CSc1nnc(-c2ccccc2F)n1Cc1ccccc1. The topological polar surface area (TPSA) is 86.1 Å². The average molecular weight is 414 g/mol. The van der Waals surface area contributed by atoms with Crippen molar-refractivity contribution >= 4 is 23.6 Å². The van der Waals surface area contributed by atoms with Crippen molar-refractivity contribution in [3.8, 4) is 11.4 Å². The molecule has 1 heterocycles. The second-order valence-corrected chi connectivity index (χ2v) is 6.94. The van der Waals surface area contributed by atoms with Crippen LogP contribution in [0.5, 0.6) is 0 Å². The number of carbonyl (C=O) groups is 2. The summed E-state index contributed by atoms with van der Waals surface area (Å²) in [6.45, 7) is 0.219. The van der Waals surface area contributed by atoms with E-state index in [1.807, 2.05) is 30.3 Å². The zero-order valence-electron chi connectivity index (χ0n) is 15.7. The van der Waals surface area contributed by atoms with E-state index in [9.17, 15) is 14.0 Å². The molecule has 0 atom stereocenters. The molecule has 7 nitrogen and oxygen atoms in total. The molecule has 3 aromatic rings. The lowest BCUT2D eigenvalue weighted by atomic mass is 10.2. The Balaban J connectivity index is 1.82. The largest absolute Gasteiger partial charge is 0.468 e. The standard InChI is InChI=1S/C20H19FN4O3S/c1-28-18(27)11-22-17(26)13-29-20-24-23-19(15-9-5-6-10-16(15)21)25(20)12-14-7-3-2-4-8-14/h2-10H,11-13H2,1H3,(H,22,26). The van der Waals surface area contributed by atoms with Gasteiger partial charge in [-0.25, -0.2) is 4.39 Å². The van der Waals surface area contributed by atoms with E-state index in [-0.39, 0.29) is 18.2 Å². The molecule has 0 bridgehead atoms. The fourth-order valence-electron chi connectivity index (χ4n) is 2.57. The predicted molar refractivity (Wildman–Crippen MR) is 107 cm³/mol. The van der Waals surface area contributed by atoms with Crippen molar-refractivity contribution in [1.82, 2.24) is 20.1 Å². The molecule has 29 heavy (non-hydrogen) atoms. The van der Waals surface area contributed by atoms with E-state index in [1.165, 1.54) is 13.2 Å². The molecule has 1 aromatic heterocycles. The van der Waals surface area contributed by atoms with Gasteiger partial charge in [0.1, 0.15) is 12.4 Å². The van der Waals surface area contributed by atoms with E-state index in [1.54, 1.807) is 22.8 Å². The van der Waals surface area contributed by atoms with Crippen LogP contribution in [0.1, 0.15) is 5.56 Å². The number of halogens is 1. The zero-order valence-corrected chi connectivity index (χ0v) is 16.5. The van der Waals surface area contributed by atoms with Crippen LogP contribution in [0.2, 0.25) is 0 Å². The first-order valence-electron chi connectivity index (χ1n) is 8.77. The van der Waals surface area contributed by atoms with Crippen molar-refractivity contribution in [3.63, 3.8) is 0 Å². The maximum absolute atomic E-state index is 14.3. The van der Waals surface area contributed by atoms with E-state index in [2.05, 4.69) is 20.3 Å². The summed E-state index contributed by atoms with van der Waals surface area (Å²) >= 11 is 1.16. The van der Waals surface area contributed by atoms with Gasteiger partial charge in [0, 0.05) is 0 Å². The van der Waals surface area contributed by atoms with Gasteiger partial charge in [-0.2, -0.15) is 0 Å². The van der Waals surface area contributed by atoms with Gasteiger partial charge in [0.15, 0.2) is 11.0 Å². The van der Waals surface area contributed by atoms with Gasteiger partial charge < -0.3 is 10.1 Å². The molecule has 0 radical (unpaired) electrons. The Morgan fingerprint density at radius 3 is 2.55 bits per heavy atom. The second-order valence-electron chi connectivity index (χ2n) is 6.00. The lowest BCUT2D eigenvalue weighted by Gasteiger charge is -2.11. The van der Waals surface area contributed by atoms with Crippen molar-refractivity contribution in [3.05, 3.63) is 66.0 Å². The smallest absolute Gasteiger partial charge is 0.325 e. The third-order valence-corrected chi connectivity index (χ3v) is 4.97. The average Bonchev–Trinajstić information content (AvgIpc) is 3.13. The Hall–Kier alpha value is -3.20. The van der Waals surface area contributed by atoms with Crippen LogP contribution < -0.4 is 5.32 Å². The van der Waals surface area contributed by atoms with Crippen LogP contribution in [0.15, 0.2) is 59.8 Å². The second kappa shape index (κ2) is 9.83. The minimum Gasteiger partial charge on any atom is -0.468 e. The lowest BCUT2D eigenvalue weighted by Crippen LogP contribution is -2.31. The van der Waals surface area contributed by atoms with Crippen LogP contribution in [-0.2, 0) is 20.9 Å². The molecule has 150 valence electrons. The van der Waals surface area contributed by atoms with E-state index >= 15 is 0 Å². The first kappa shape index (κ1) is 20.5. The number of carbonyl (C=O) groups excluding carboxylic acids is 2. The van der Waals surface area contributed by atoms with Crippen LogP contribution in [0, 0.1) is 5.82 Å². The Kier molecular flexibility index (Phi) is 6.96. The van der Waals surface area contributed by atoms with Gasteiger partial charge in [0.25, 0.3) is 0 Å². The highest BCUT2D eigenvalue weighted by Gasteiger charge is 2.18. The van der Waals surface area contributed by atoms with E-state index < -0.39 is 11.8 Å². The number of esters is 1. The Morgan fingerprint density at radius 1 is 1.10 bits per heavy atom. The van der Waals surface area contributed by atoms with Gasteiger partial charge in [-0.05, 0) is 17.7 Å². The number of aromatic nitrogens is 3. The van der Waals surface area contributed by atoms with Crippen LogP contribution >= 0.6 is 11.8 Å². The number of nitrogens with zero attached hydrogens (tertiary/aromatic N) is 3. The molecular weight excluding hydrogens is 395 g/mol. The van der Waals surface area contributed by atoms with Gasteiger partial charge in [0.05, 0.1) is 25.0 Å². The van der Waals surface area contributed by atoms with Gasteiger partial charge in [0.2, 0.25) is 5.91 Å². The number of methoxy groups -OCH3 is 1. The summed E-state index contributed by atoms with van der Waals surface area (Å²) in [6.07, 6.45) is 0. The molecule has 0 aliphatic rings. The molecule has 0 aliphatic carbocycles. The number of nitrogens with one attached hydrogen (secondary N) is 1. The third-order valence-electron chi connectivity index (χ3n) is 4.01. The summed E-state index contributed by atoms with van der Waals surface area (Å²) in [5, 5.41) is 11.2. The summed E-state index contributed by atoms with van der Waals surface area (Å²) in [5.74, 6) is -0.869. The molecule has 0 saturated carbocycles. The van der Waals surface area contributed by atoms with Crippen LogP contribution in [-0.4, -0.2) is 46.0 Å². The summed E-state index contributed by atoms with van der Waals surface area (Å²) in [7, 11) is 1.25. The highest BCUT2D eigenvalue weighted by Crippen LogP contribution is 2.26. The molecule has 0 aliphatic heterocycles. The monoisotopic (exact) mass is 414 g/mol. The van der Waals surface area contributed by atoms with Crippen LogP contribution in [0.3, 0.4) is 0 Å². The number of thioether (sulfide) groups is 1. The molecule has 9 heteroatoms. The molecule has 0 unspecified atom stereocenters. The van der Waals surface area contributed by atoms with Crippen molar-refractivity contribution < 1.29 is 18.7 Å². The van der Waals surface area contributed by atoms with E-state index in [4.69, 9.17) is 0 Å². The van der Waals surface area contributed by atoms with Crippen molar-refractivity contribution in [2.24, 2.45) is 0 Å². The van der Waals surface area contributed by atoms with E-state index in [0.717, 1.165) is 17.3 Å². The predicted octanol–water partition coefficient (Wildman–Crippen LogP) is 2.51. The summed E-state index contributed by atoms with van der Waals surface area (Å²) in [6, 6.07) is 16.0. The summed E-state index contributed by atoms with van der Waals surface area (Å²) in [4.78, 5) is 23.1. The normalized spacial score (nSPS) is 10.6. The lowest BCUT2D eigenvalue weighted by molar-refractivity contribution is -0.140. The fourth-order valence-corrected chi connectivity index (χ4v) is 3.34. The van der Waals surface area contributed by atoms with Crippen molar-refractivity contribution in [2.75, 3.05) is 19.4 Å². The first-order valence-corrected chi connectivity index (χ1v) is 9.75. The fraction of sp³-hybridized carbons (Fsp3) is 0.200. The number of hydrogen-bond acceptors (Lipinski definition) is 6. The van der Waals surface area contributed by atoms with Gasteiger partial charge in [-0.15, -0.1) is 10.2 Å². The van der Waals surface area contributed by atoms with Gasteiger partial charge in [-0.1, -0.05) is 54.2 Å². The maximum atomic E-state index is 14.3. The summed E-state index contributed by atoms with van der Waals surface area (Å²) in [5.41, 5.74) is 1.32. The Labute approximate surface area is 171 Å². The number of hydrogen-bond donors (Lipinski definition) is 1. The Bertz CT molecular complexity index is 994. The highest BCUT2D eigenvalue weighted by molar-refractivity contribution is 7.99. The van der Waals surface area contributed by atoms with Gasteiger partial charge >= 0.3 is 5.97 Å². The van der Waals surface area contributed by atoms with Crippen molar-refractivity contribution in [1.29, 1.82) is 0 Å². The maximum Gasteiger partial charge on any atom is 0.325 e. The molecule has 1 amide bonds. The number of ether oxygens (including phenoxy) is 1. The molecule has 0 spiro atoms. The van der Waals surface area contributed by atoms with Crippen molar-refractivity contribution in [2.45, 2.75) is 11.7 Å². The van der Waals surface area contributed by atoms with Gasteiger partial charge in [-0.3, -0.25) is 14.2 Å².